The molecule has 4 nitrogen and oxygen atoms in total. The van der Waals surface area contributed by atoms with Crippen molar-refractivity contribution >= 4 is 11.6 Å². The van der Waals surface area contributed by atoms with Crippen LogP contribution in [0, 0.1) is 6.92 Å². The molecule has 2 rings (SSSR count). The summed E-state index contributed by atoms with van der Waals surface area (Å²) in [5.74, 6) is -0.0340. The quantitative estimate of drug-likeness (QED) is 0.779. The van der Waals surface area contributed by atoms with E-state index in [9.17, 15) is 4.79 Å². The molecule has 19 heavy (non-hydrogen) atoms. The molecule has 1 unspecified atom stereocenters. The highest BCUT2D eigenvalue weighted by Crippen LogP contribution is 2.20. The fourth-order valence-electron chi connectivity index (χ4n) is 2.49. The molecule has 0 aromatic heterocycles. The molecule has 1 aliphatic rings. The van der Waals surface area contributed by atoms with Crippen molar-refractivity contribution < 1.29 is 4.79 Å². The highest BCUT2D eigenvalue weighted by atomic mass is 16.1. The molecule has 1 heterocycles. The predicted molar refractivity (Wildman–Crippen MR) is 78.7 cm³/mol. The Morgan fingerprint density at radius 2 is 2.16 bits per heavy atom. The molecule has 1 amide bonds. The number of anilines is 1. The number of hydrogen-bond acceptors (Lipinski definition) is 3. The molecule has 1 aromatic rings. The minimum absolute atomic E-state index is 0.0340. The van der Waals surface area contributed by atoms with E-state index in [2.05, 4.69) is 16.0 Å². The van der Waals surface area contributed by atoms with Gasteiger partial charge in [-0.15, -0.1) is 0 Å². The van der Waals surface area contributed by atoms with Crippen LogP contribution in [-0.2, 0) is 0 Å². The molecular formula is C15H23N3O. The van der Waals surface area contributed by atoms with E-state index in [0.29, 0.717) is 11.6 Å². The molecule has 104 valence electrons. The maximum absolute atomic E-state index is 11.6. The minimum atomic E-state index is -0.0340. The van der Waals surface area contributed by atoms with Gasteiger partial charge in [0.15, 0.2) is 0 Å². The molecule has 1 aliphatic heterocycles. The van der Waals surface area contributed by atoms with Crippen LogP contribution in [0.4, 0.5) is 5.69 Å². The topological polar surface area (TPSA) is 53.2 Å². The van der Waals surface area contributed by atoms with E-state index >= 15 is 0 Å². The summed E-state index contributed by atoms with van der Waals surface area (Å²) in [7, 11) is 1.66. The first kappa shape index (κ1) is 13.9. The van der Waals surface area contributed by atoms with Crippen LogP contribution in [0.25, 0.3) is 0 Å². The van der Waals surface area contributed by atoms with Crippen molar-refractivity contribution in [2.75, 3.05) is 25.5 Å². The number of aryl methyl sites for hydroxylation is 1. The molecule has 1 aromatic carbocycles. The average molecular weight is 261 g/mol. The van der Waals surface area contributed by atoms with E-state index in [0.717, 1.165) is 30.8 Å². The molecule has 3 N–H and O–H groups in total. The first-order valence-corrected chi connectivity index (χ1v) is 7.00. The van der Waals surface area contributed by atoms with Gasteiger partial charge >= 0.3 is 0 Å². The van der Waals surface area contributed by atoms with Gasteiger partial charge in [-0.3, -0.25) is 4.79 Å². The monoisotopic (exact) mass is 261 g/mol. The van der Waals surface area contributed by atoms with Gasteiger partial charge in [-0.2, -0.15) is 0 Å². The summed E-state index contributed by atoms with van der Waals surface area (Å²) in [6.07, 6.45) is 3.56. The molecule has 0 spiro atoms. The van der Waals surface area contributed by atoms with Gasteiger partial charge in [0, 0.05) is 24.3 Å². The van der Waals surface area contributed by atoms with Crippen LogP contribution in [0.2, 0.25) is 0 Å². The van der Waals surface area contributed by atoms with Crippen molar-refractivity contribution in [2.24, 2.45) is 0 Å². The van der Waals surface area contributed by atoms with Crippen LogP contribution in [0.15, 0.2) is 18.2 Å². The van der Waals surface area contributed by atoms with Crippen LogP contribution in [0.3, 0.4) is 0 Å². The van der Waals surface area contributed by atoms with E-state index in [4.69, 9.17) is 0 Å². The van der Waals surface area contributed by atoms with E-state index in [1.807, 2.05) is 25.1 Å². The molecule has 1 atom stereocenters. The molecular weight excluding hydrogens is 238 g/mol. The van der Waals surface area contributed by atoms with E-state index in [1.165, 1.54) is 12.8 Å². The lowest BCUT2D eigenvalue weighted by molar-refractivity contribution is 0.0963. The van der Waals surface area contributed by atoms with Crippen molar-refractivity contribution in [2.45, 2.75) is 32.2 Å². The zero-order valence-corrected chi connectivity index (χ0v) is 11.8. The highest BCUT2D eigenvalue weighted by molar-refractivity contribution is 5.94. The number of hydrogen-bond donors (Lipinski definition) is 3. The van der Waals surface area contributed by atoms with Gasteiger partial charge in [0.25, 0.3) is 5.91 Å². The number of carbonyl (C=O) groups is 1. The molecule has 1 fully saturated rings. The highest BCUT2D eigenvalue weighted by Gasteiger charge is 2.13. The molecule has 0 aliphatic carbocycles. The Balaban J connectivity index is 2.05. The number of nitrogens with one attached hydrogen (secondary N) is 3. The third-order valence-corrected chi connectivity index (χ3v) is 3.65. The molecule has 0 radical (unpaired) electrons. The zero-order valence-electron chi connectivity index (χ0n) is 11.8. The maximum Gasteiger partial charge on any atom is 0.251 e. The second-order valence-electron chi connectivity index (χ2n) is 5.13. The Hall–Kier alpha value is -1.55. The summed E-state index contributed by atoms with van der Waals surface area (Å²) >= 11 is 0. The Bertz CT molecular complexity index is 437. The lowest BCUT2D eigenvalue weighted by atomic mass is 10.1. The summed E-state index contributed by atoms with van der Waals surface area (Å²) in [4.78, 5) is 11.6. The summed E-state index contributed by atoms with van der Waals surface area (Å²) in [6, 6.07) is 6.36. The number of benzene rings is 1. The first-order chi connectivity index (χ1) is 9.20. The predicted octanol–water partition coefficient (Wildman–Crippen LogP) is 1.91. The van der Waals surface area contributed by atoms with E-state index in [1.54, 1.807) is 7.05 Å². The summed E-state index contributed by atoms with van der Waals surface area (Å²) < 4.78 is 0. The van der Waals surface area contributed by atoms with Crippen LogP contribution in [-0.4, -0.2) is 32.1 Å². The van der Waals surface area contributed by atoms with Gasteiger partial charge in [-0.05, 0) is 63.0 Å². The van der Waals surface area contributed by atoms with Crippen molar-refractivity contribution in [1.29, 1.82) is 0 Å². The largest absolute Gasteiger partial charge is 0.382 e. The number of rotatable bonds is 3. The van der Waals surface area contributed by atoms with Gasteiger partial charge in [-0.1, -0.05) is 0 Å². The SMILES string of the molecule is CNC(=O)c1ccc(NC2CCCNCC2)c(C)c1. The molecule has 0 saturated carbocycles. The standard InChI is InChI=1S/C15H23N3O/c1-11-10-12(15(19)16-2)5-6-14(11)18-13-4-3-8-17-9-7-13/h5-6,10,13,17-18H,3-4,7-9H2,1-2H3,(H,16,19). The van der Waals surface area contributed by atoms with Crippen molar-refractivity contribution in [3.8, 4) is 0 Å². The molecule has 4 heteroatoms. The van der Waals surface area contributed by atoms with Gasteiger partial charge in [0.05, 0.1) is 0 Å². The third kappa shape index (κ3) is 3.70. The fourth-order valence-corrected chi connectivity index (χ4v) is 2.49. The maximum atomic E-state index is 11.6. The third-order valence-electron chi connectivity index (χ3n) is 3.65. The lowest BCUT2D eigenvalue weighted by Gasteiger charge is -2.19. The average Bonchev–Trinajstić information content (AvgIpc) is 2.68. The normalized spacial score (nSPS) is 19.6. The van der Waals surface area contributed by atoms with Crippen LogP contribution in [0.1, 0.15) is 35.2 Å². The molecule has 1 saturated heterocycles. The number of amides is 1. The van der Waals surface area contributed by atoms with Gasteiger partial charge in [0.1, 0.15) is 0 Å². The summed E-state index contributed by atoms with van der Waals surface area (Å²) in [5, 5.41) is 9.67. The molecule has 0 bridgehead atoms. The van der Waals surface area contributed by atoms with E-state index < -0.39 is 0 Å². The van der Waals surface area contributed by atoms with E-state index in [-0.39, 0.29) is 5.91 Å². The minimum Gasteiger partial charge on any atom is -0.382 e. The smallest absolute Gasteiger partial charge is 0.251 e. The van der Waals surface area contributed by atoms with Crippen molar-refractivity contribution in [3.05, 3.63) is 29.3 Å². The number of carbonyl (C=O) groups excluding carboxylic acids is 1. The van der Waals surface area contributed by atoms with Crippen LogP contribution in [0.5, 0.6) is 0 Å². The van der Waals surface area contributed by atoms with Crippen LogP contribution >= 0.6 is 0 Å². The Kier molecular flexibility index (Phi) is 4.80. The van der Waals surface area contributed by atoms with Gasteiger partial charge < -0.3 is 16.0 Å². The first-order valence-electron chi connectivity index (χ1n) is 7.00. The summed E-state index contributed by atoms with van der Waals surface area (Å²) in [6.45, 7) is 4.24. The van der Waals surface area contributed by atoms with Gasteiger partial charge in [-0.25, -0.2) is 0 Å². The second-order valence-corrected chi connectivity index (χ2v) is 5.13. The van der Waals surface area contributed by atoms with Crippen molar-refractivity contribution in [3.63, 3.8) is 0 Å². The fraction of sp³-hybridized carbons (Fsp3) is 0.533. The Morgan fingerprint density at radius 1 is 1.32 bits per heavy atom. The van der Waals surface area contributed by atoms with Crippen molar-refractivity contribution in [1.82, 2.24) is 10.6 Å². The zero-order chi connectivity index (χ0) is 13.7. The lowest BCUT2D eigenvalue weighted by Crippen LogP contribution is -2.22. The Labute approximate surface area is 115 Å². The summed E-state index contributed by atoms with van der Waals surface area (Å²) in [5.41, 5.74) is 2.98. The van der Waals surface area contributed by atoms with Crippen LogP contribution < -0.4 is 16.0 Å². The van der Waals surface area contributed by atoms with Gasteiger partial charge in [0.2, 0.25) is 0 Å². The Morgan fingerprint density at radius 3 is 2.89 bits per heavy atom. The second kappa shape index (κ2) is 6.57.